The van der Waals surface area contributed by atoms with Crippen molar-refractivity contribution in [1.29, 1.82) is 0 Å². The van der Waals surface area contributed by atoms with E-state index in [0.29, 0.717) is 6.42 Å². The third-order valence-electron chi connectivity index (χ3n) is 2.57. The average Bonchev–Trinajstić information content (AvgIpc) is 2.40. The Kier molecular flexibility index (Phi) is 5.29. The molecule has 1 unspecified atom stereocenters. The van der Waals surface area contributed by atoms with E-state index in [1.165, 1.54) is 10.5 Å². The molecule has 0 saturated heterocycles. The minimum absolute atomic E-state index is 0.309. The predicted molar refractivity (Wildman–Crippen MR) is 81.0 cm³/mol. The van der Waals surface area contributed by atoms with Crippen molar-refractivity contribution in [2.75, 3.05) is 5.75 Å². The van der Waals surface area contributed by atoms with Gasteiger partial charge >= 0.3 is 0 Å². The molecule has 0 fully saturated rings. The van der Waals surface area contributed by atoms with Crippen LogP contribution in [0.3, 0.4) is 0 Å². The second kappa shape index (κ2) is 6.98. The van der Waals surface area contributed by atoms with E-state index in [9.17, 15) is 5.11 Å². The molecule has 0 saturated carbocycles. The van der Waals surface area contributed by atoms with E-state index in [4.69, 9.17) is 0 Å². The molecule has 1 atom stereocenters. The van der Waals surface area contributed by atoms with E-state index in [1.807, 2.05) is 42.5 Å². The highest BCUT2D eigenvalue weighted by Gasteiger charge is 2.06. The van der Waals surface area contributed by atoms with Crippen molar-refractivity contribution in [1.82, 2.24) is 0 Å². The van der Waals surface area contributed by atoms with Crippen LogP contribution in [0.4, 0.5) is 0 Å². The van der Waals surface area contributed by atoms with Crippen molar-refractivity contribution < 1.29 is 5.11 Å². The molecule has 3 heteroatoms. The molecule has 0 bridgehead atoms. The van der Waals surface area contributed by atoms with E-state index in [1.54, 1.807) is 11.8 Å². The largest absolute Gasteiger partial charge is 0.392 e. The zero-order valence-electron chi connectivity index (χ0n) is 9.92. The first-order valence-electron chi connectivity index (χ1n) is 5.84. The van der Waals surface area contributed by atoms with Gasteiger partial charge in [0, 0.05) is 15.1 Å². The first-order valence-corrected chi connectivity index (χ1v) is 7.62. The molecule has 0 aromatic heterocycles. The second-order valence-corrected chi connectivity index (χ2v) is 6.12. The fourth-order valence-corrected chi connectivity index (χ4v) is 2.78. The van der Waals surface area contributed by atoms with Gasteiger partial charge in [0.15, 0.2) is 0 Å². The third-order valence-corrected chi connectivity index (χ3v) is 4.26. The fourth-order valence-electron chi connectivity index (χ4n) is 1.66. The van der Waals surface area contributed by atoms with Crippen molar-refractivity contribution in [3.05, 3.63) is 64.6 Å². The van der Waals surface area contributed by atoms with Gasteiger partial charge in [-0.25, -0.2) is 0 Å². The predicted octanol–water partition coefficient (Wildman–Crippen LogP) is 4.14. The molecule has 18 heavy (non-hydrogen) atoms. The van der Waals surface area contributed by atoms with Gasteiger partial charge in [0.1, 0.15) is 0 Å². The van der Waals surface area contributed by atoms with Crippen LogP contribution in [0.5, 0.6) is 0 Å². The molecule has 0 heterocycles. The lowest BCUT2D eigenvalue weighted by Gasteiger charge is -2.10. The maximum Gasteiger partial charge on any atom is 0.0674 e. The van der Waals surface area contributed by atoms with Crippen LogP contribution in [0.2, 0.25) is 0 Å². The maximum atomic E-state index is 10.0. The van der Waals surface area contributed by atoms with Crippen LogP contribution in [-0.2, 0) is 6.42 Å². The fraction of sp³-hybridized carbons (Fsp3) is 0.200. The van der Waals surface area contributed by atoms with Crippen LogP contribution in [0, 0.1) is 0 Å². The Bertz CT molecular complexity index is 470. The van der Waals surface area contributed by atoms with Crippen molar-refractivity contribution in [2.45, 2.75) is 17.4 Å². The Hall–Kier alpha value is -0.770. The summed E-state index contributed by atoms with van der Waals surface area (Å²) in [7, 11) is 0. The first kappa shape index (κ1) is 13.7. The summed E-state index contributed by atoms with van der Waals surface area (Å²) >= 11 is 5.10. The van der Waals surface area contributed by atoms with Gasteiger partial charge in [-0.05, 0) is 36.2 Å². The van der Waals surface area contributed by atoms with Gasteiger partial charge in [0.2, 0.25) is 0 Å². The highest BCUT2D eigenvalue weighted by molar-refractivity contribution is 9.10. The van der Waals surface area contributed by atoms with Crippen molar-refractivity contribution in [3.8, 4) is 0 Å². The Morgan fingerprint density at radius 3 is 2.33 bits per heavy atom. The monoisotopic (exact) mass is 322 g/mol. The summed E-state index contributed by atoms with van der Waals surface area (Å²) in [5, 5.41) is 10.0. The molecular weight excluding hydrogens is 308 g/mol. The van der Waals surface area contributed by atoms with Crippen molar-refractivity contribution >= 4 is 27.7 Å². The highest BCUT2D eigenvalue weighted by Crippen LogP contribution is 2.19. The molecule has 0 aliphatic carbocycles. The van der Waals surface area contributed by atoms with Crippen LogP contribution in [0.1, 0.15) is 5.56 Å². The molecule has 94 valence electrons. The molecule has 0 spiro atoms. The zero-order chi connectivity index (χ0) is 12.8. The van der Waals surface area contributed by atoms with E-state index in [2.05, 4.69) is 28.1 Å². The number of hydrogen-bond acceptors (Lipinski definition) is 2. The molecule has 2 aromatic rings. The standard InChI is InChI=1S/C15H15BrOS/c16-13-8-6-12(7-9-13)10-14(17)11-18-15-4-2-1-3-5-15/h1-9,14,17H,10-11H2. The minimum atomic E-state index is -0.309. The number of hydrogen-bond donors (Lipinski definition) is 1. The number of halogens is 1. The molecule has 1 nitrogen and oxygen atoms in total. The number of thioether (sulfide) groups is 1. The summed E-state index contributed by atoms with van der Waals surface area (Å²) in [6.45, 7) is 0. The lowest BCUT2D eigenvalue weighted by atomic mass is 10.1. The van der Waals surface area contributed by atoms with E-state index in [-0.39, 0.29) is 6.10 Å². The van der Waals surface area contributed by atoms with Gasteiger partial charge in [0.25, 0.3) is 0 Å². The normalized spacial score (nSPS) is 12.3. The molecule has 0 radical (unpaired) electrons. The minimum Gasteiger partial charge on any atom is -0.392 e. The summed E-state index contributed by atoms with van der Waals surface area (Å²) in [6.07, 6.45) is 0.393. The van der Waals surface area contributed by atoms with E-state index in [0.717, 1.165) is 10.2 Å². The van der Waals surface area contributed by atoms with Gasteiger partial charge in [-0.15, -0.1) is 11.8 Å². The Morgan fingerprint density at radius 1 is 1.00 bits per heavy atom. The van der Waals surface area contributed by atoms with Crippen molar-refractivity contribution in [2.24, 2.45) is 0 Å². The SMILES string of the molecule is OC(CSc1ccccc1)Cc1ccc(Br)cc1. The smallest absolute Gasteiger partial charge is 0.0674 e. The highest BCUT2D eigenvalue weighted by atomic mass is 79.9. The Labute approximate surface area is 120 Å². The second-order valence-electron chi connectivity index (χ2n) is 4.11. The van der Waals surface area contributed by atoms with Crippen LogP contribution in [-0.4, -0.2) is 17.0 Å². The van der Waals surface area contributed by atoms with Crippen LogP contribution >= 0.6 is 27.7 Å². The number of benzene rings is 2. The van der Waals surface area contributed by atoms with Crippen LogP contribution in [0.15, 0.2) is 64.0 Å². The Balaban J connectivity index is 1.82. The van der Waals surface area contributed by atoms with Gasteiger partial charge < -0.3 is 5.11 Å². The molecule has 1 N–H and O–H groups in total. The quantitative estimate of drug-likeness (QED) is 0.835. The van der Waals surface area contributed by atoms with Gasteiger partial charge in [-0.1, -0.05) is 46.3 Å². The Morgan fingerprint density at radius 2 is 1.67 bits per heavy atom. The van der Waals surface area contributed by atoms with Crippen molar-refractivity contribution in [3.63, 3.8) is 0 Å². The summed E-state index contributed by atoms with van der Waals surface area (Å²) in [5.74, 6) is 0.722. The summed E-state index contributed by atoms with van der Waals surface area (Å²) in [4.78, 5) is 1.20. The summed E-state index contributed by atoms with van der Waals surface area (Å²) in [5.41, 5.74) is 1.17. The van der Waals surface area contributed by atoms with Crippen LogP contribution < -0.4 is 0 Å². The summed E-state index contributed by atoms with van der Waals surface area (Å²) < 4.78 is 1.07. The van der Waals surface area contributed by atoms with E-state index >= 15 is 0 Å². The lowest BCUT2D eigenvalue weighted by Crippen LogP contribution is -2.13. The molecule has 0 aliphatic rings. The lowest BCUT2D eigenvalue weighted by molar-refractivity contribution is 0.200. The number of rotatable bonds is 5. The van der Waals surface area contributed by atoms with Gasteiger partial charge in [-0.2, -0.15) is 0 Å². The molecule has 0 aliphatic heterocycles. The van der Waals surface area contributed by atoms with E-state index < -0.39 is 0 Å². The summed E-state index contributed by atoms with van der Waals surface area (Å²) in [6, 6.07) is 18.3. The molecule has 0 amide bonds. The molecular formula is C15H15BrOS. The number of aliphatic hydroxyl groups excluding tert-OH is 1. The van der Waals surface area contributed by atoms with Gasteiger partial charge in [0.05, 0.1) is 6.10 Å². The molecule has 2 aromatic carbocycles. The topological polar surface area (TPSA) is 20.2 Å². The average molecular weight is 323 g/mol. The first-order chi connectivity index (χ1) is 8.74. The third kappa shape index (κ3) is 4.48. The number of aliphatic hydroxyl groups is 1. The zero-order valence-corrected chi connectivity index (χ0v) is 12.3. The maximum absolute atomic E-state index is 10.0. The van der Waals surface area contributed by atoms with Gasteiger partial charge in [-0.3, -0.25) is 0 Å². The van der Waals surface area contributed by atoms with Crippen LogP contribution in [0.25, 0.3) is 0 Å². The molecule has 2 rings (SSSR count).